The summed E-state index contributed by atoms with van der Waals surface area (Å²) in [5.74, 6) is 1.05. The van der Waals surface area contributed by atoms with E-state index >= 15 is 0 Å². The minimum absolute atomic E-state index is 0.0895. The van der Waals surface area contributed by atoms with Gasteiger partial charge in [-0.05, 0) is 49.4 Å². The Morgan fingerprint density at radius 3 is 2.67 bits per heavy atom. The van der Waals surface area contributed by atoms with Crippen molar-refractivity contribution >= 4 is 21.8 Å². The van der Waals surface area contributed by atoms with Crippen LogP contribution in [0.5, 0.6) is 0 Å². The van der Waals surface area contributed by atoms with Crippen molar-refractivity contribution in [2.45, 2.75) is 37.8 Å². The maximum atomic E-state index is 12.0. The van der Waals surface area contributed by atoms with Gasteiger partial charge < -0.3 is 5.32 Å². The lowest BCUT2D eigenvalue weighted by Gasteiger charge is -2.07. The highest BCUT2D eigenvalue weighted by Gasteiger charge is 2.14. The number of hydrogen-bond acceptors (Lipinski definition) is 5. The zero-order chi connectivity index (χ0) is 15.6. The zero-order valence-corrected chi connectivity index (χ0v) is 14.4. The predicted octanol–water partition coefficient (Wildman–Crippen LogP) is 2.00. The molecule has 1 aromatic rings. The molecule has 1 aromatic heterocycles. The molecule has 0 fully saturated rings. The first-order valence-electron chi connectivity index (χ1n) is 7.24. The van der Waals surface area contributed by atoms with Crippen LogP contribution >= 0.6 is 11.8 Å². The molecule has 0 saturated heterocycles. The molecule has 0 spiro atoms. The van der Waals surface area contributed by atoms with E-state index < -0.39 is 10.0 Å². The van der Waals surface area contributed by atoms with Crippen molar-refractivity contribution in [1.82, 2.24) is 15.0 Å². The monoisotopic (exact) mass is 331 g/mol. The molecular formula is C14H25N3O2S2. The van der Waals surface area contributed by atoms with Gasteiger partial charge in [0.05, 0.1) is 0 Å². The van der Waals surface area contributed by atoms with Crippen LogP contribution in [0, 0.1) is 0 Å². The summed E-state index contributed by atoms with van der Waals surface area (Å²) in [6.07, 6.45) is 6.59. The van der Waals surface area contributed by atoms with Crippen molar-refractivity contribution in [2.75, 3.05) is 25.1 Å². The third-order valence-electron chi connectivity index (χ3n) is 2.90. The van der Waals surface area contributed by atoms with Gasteiger partial charge in [-0.1, -0.05) is 13.0 Å². The summed E-state index contributed by atoms with van der Waals surface area (Å²) in [6.45, 7) is 4.22. The molecule has 5 nitrogen and oxygen atoms in total. The van der Waals surface area contributed by atoms with Crippen LogP contribution < -0.4 is 10.0 Å². The highest BCUT2D eigenvalue weighted by molar-refractivity contribution is 7.98. The molecule has 0 amide bonds. The van der Waals surface area contributed by atoms with E-state index in [1.165, 1.54) is 0 Å². The SMILES string of the molecule is CCCNCc1ccc(S(=O)(=O)NCCCCSC)nc1. The molecule has 0 aliphatic heterocycles. The fourth-order valence-corrected chi connectivity index (χ4v) is 3.23. The topological polar surface area (TPSA) is 71.1 Å². The number of thioether (sulfide) groups is 1. The smallest absolute Gasteiger partial charge is 0.258 e. The van der Waals surface area contributed by atoms with Crippen molar-refractivity contribution in [3.05, 3.63) is 23.9 Å². The number of unbranched alkanes of at least 4 members (excludes halogenated alkanes) is 1. The standard InChI is InChI=1S/C14H25N3O2S2/c1-3-8-15-11-13-6-7-14(16-12-13)21(18,19)17-9-4-5-10-20-2/h6-7,12,15,17H,3-5,8-11H2,1-2H3. The van der Waals surface area contributed by atoms with E-state index in [9.17, 15) is 8.42 Å². The van der Waals surface area contributed by atoms with Crippen molar-refractivity contribution < 1.29 is 8.42 Å². The lowest BCUT2D eigenvalue weighted by molar-refractivity contribution is 0.574. The van der Waals surface area contributed by atoms with E-state index in [0.29, 0.717) is 13.1 Å². The Labute approximate surface area is 132 Å². The van der Waals surface area contributed by atoms with Crippen molar-refractivity contribution in [2.24, 2.45) is 0 Å². The van der Waals surface area contributed by atoms with Gasteiger partial charge in [0, 0.05) is 19.3 Å². The molecule has 0 atom stereocenters. The Bertz CT molecular complexity index is 489. The number of nitrogens with zero attached hydrogens (tertiary/aromatic N) is 1. The molecular weight excluding hydrogens is 306 g/mol. The number of aromatic nitrogens is 1. The quantitative estimate of drug-likeness (QED) is 0.607. The Hall–Kier alpha value is -0.630. The maximum absolute atomic E-state index is 12.0. The van der Waals surface area contributed by atoms with E-state index in [-0.39, 0.29) is 5.03 Å². The second-order valence-electron chi connectivity index (χ2n) is 4.78. The summed E-state index contributed by atoms with van der Waals surface area (Å²) in [4.78, 5) is 4.05. The molecule has 2 N–H and O–H groups in total. The number of hydrogen-bond donors (Lipinski definition) is 2. The average Bonchev–Trinajstić information content (AvgIpc) is 2.48. The lowest BCUT2D eigenvalue weighted by atomic mass is 10.3. The second-order valence-corrected chi connectivity index (χ2v) is 7.48. The summed E-state index contributed by atoms with van der Waals surface area (Å²) in [5, 5.41) is 3.35. The third-order valence-corrected chi connectivity index (χ3v) is 4.97. The first kappa shape index (κ1) is 18.4. The normalized spacial score (nSPS) is 11.7. The van der Waals surface area contributed by atoms with E-state index in [2.05, 4.69) is 21.9 Å². The van der Waals surface area contributed by atoms with Gasteiger partial charge in [-0.15, -0.1) is 0 Å². The van der Waals surface area contributed by atoms with Gasteiger partial charge in [0.15, 0.2) is 5.03 Å². The molecule has 0 saturated carbocycles. The summed E-state index contributed by atoms with van der Waals surface area (Å²) in [6, 6.07) is 3.37. The second kappa shape index (κ2) is 10.2. The largest absolute Gasteiger partial charge is 0.313 e. The van der Waals surface area contributed by atoms with Gasteiger partial charge in [-0.3, -0.25) is 0 Å². The summed E-state index contributed by atoms with van der Waals surface area (Å²) < 4.78 is 26.7. The number of rotatable bonds is 11. The molecule has 21 heavy (non-hydrogen) atoms. The zero-order valence-electron chi connectivity index (χ0n) is 12.8. The van der Waals surface area contributed by atoms with Crippen LogP contribution in [0.4, 0.5) is 0 Å². The lowest BCUT2D eigenvalue weighted by Crippen LogP contribution is -2.25. The van der Waals surface area contributed by atoms with Crippen LogP contribution in [0.1, 0.15) is 31.7 Å². The maximum Gasteiger partial charge on any atom is 0.258 e. The molecule has 0 unspecified atom stereocenters. The summed E-state index contributed by atoms with van der Waals surface area (Å²) in [7, 11) is -3.48. The van der Waals surface area contributed by atoms with E-state index in [1.807, 2.05) is 6.26 Å². The van der Waals surface area contributed by atoms with Gasteiger partial charge in [-0.2, -0.15) is 11.8 Å². The molecule has 120 valence electrons. The van der Waals surface area contributed by atoms with Crippen LogP contribution in [-0.2, 0) is 16.6 Å². The van der Waals surface area contributed by atoms with Crippen molar-refractivity contribution in [3.63, 3.8) is 0 Å². The van der Waals surface area contributed by atoms with Crippen LogP contribution in [0.2, 0.25) is 0 Å². The Morgan fingerprint density at radius 1 is 1.24 bits per heavy atom. The number of sulfonamides is 1. The van der Waals surface area contributed by atoms with E-state index in [0.717, 1.165) is 37.1 Å². The van der Waals surface area contributed by atoms with E-state index in [1.54, 1.807) is 30.1 Å². The number of pyridine rings is 1. The third kappa shape index (κ3) is 7.26. The molecule has 0 bridgehead atoms. The van der Waals surface area contributed by atoms with Crippen LogP contribution in [0.15, 0.2) is 23.4 Å². The molecule has 0 aromatic carbocycles. The minimum Gasteiger partial charge on any atom is -0.313 e. The number of nitrogens with one attached hydrogen (secondary N) is 2. The van der Waals surface area contributed by atoms with Gasteiger partial charge in [-0.25, -0.2) is 18.1 Å². The molecule has 0 aliphatic rings. The summed E-state index contributed by atoms with van der Waals surface area (Å²) in [5.41, 5.74) is 0.988. The van der Waals surface area contributed by atoms with Crippen LogP contribution in [0.25, 0.3) is 0 Å². The van der Waals surface area contributed by atoms with Crippen LogP contribution in [-0.4, -0.2) is 38.5 Å². The summed E-state index contributed by atoms with van der Waals surface area (Å²) >= 11 is 1.77. The van der Waals surface area contributed by atoms with Gasteiger partial charge >= 0.3 is 0 Å². The average molecular weight is 332 g/mol. The first-order valence-corrected chi connectivity index (χ1v) is 10.1. The fraction of sp³-hybridized carbons (Fsp3) is 0.643. The predicted molar refractivity (Wildman–Crippen MR) is 89.0 cm³/mol. The highest BCUT2D eigenvalue weighted by Crippen LogP contribution is 2.07. The van der Waals surface area contributed by atoms with Gasteiger partial charge in [0.2, 0.25) is 0 Å². The van der Waals surface area contributed by atoms with Gasteiger partial charge in [0.1, 0.15) is 0 Å². The molecule has 1 rings (SSSR count). The van der Waals surface area contributed by atoms with E-state index in [4.69, 9.17) is 0 Å². The molecule has 0 radical (unpaired) electrons. The fourth-order valence-electron chi connectivity index (χ4n) is 1.74. The first-order chi connectivity index (χ1) is 10.1. The minimum atomic E-state index is -3.48. The van der Waals surface area contributed by atoms with Crippen molar-refractivity contribution in [3.8, 4) is 0 Å². The van der Waals surface area contributed by atoms with Crippen molar-refractivity contribution in [1.29, 1.82) is 0 Å². The Morgan fingerprint density at radius 2 is 2.05 bits per heavy atom. The Kier molecular flexibility index (Phi) is 8.91. The van der Waals surface area contributed by atoms with Crippen LogP contribution in [0.3, 0.4) is 0 Å². The molecule has 7 heteroatoms. The highest BCUT2D eigenvalue weighted by atomic mass is 32.2. The van der Waals surface area contributed by atoms with Gasteiger partial charge in [0.25, 0.3) is 10.0 Å². The molecule has 1 heterocycles. The molecule has 0 aliphatic carbocycles. The Balaban J connectivity index is 2.47.